The lowest BCUT2D eigenvalue weighted by atomic mass is 9.37. The van der Waals surface area contributed by atoms with Crippen LogP contribution in [0, 0.1) is 69.0 Å². The fourth-order valence-electron chi connectivity index (χ4n) is 12.6. The Hall–Kier alpha value is -2.31. The predicted molar refractivity (Wildman–Crippen MR) is 180 cm³/mol. The average molecular weight is 650 g/mol. The summed E-state index contributed by atoms with van der Waals surface area (Å²) in [6, 6.07) is 0. The molecule has 7 heteroatoms. The molecule has 11 unspecified atom stereocenters. The second-order valence-electron chi connectivity index (χ2n) is 18.7. The minimum atomic E-state index is -1.15. The Labute approximate surface area is 282 Å². The van der Waals surface area contributed by atoms with E-state index in [9.17, 15) is 24.0 Å². The predicted octanol–water partition coefficient (Wildman–Crippen LogP) is 7.05. The third kappa shape index (κ3) is 4.96. The first kappa shape index (κ1) is 34.5. The molecule has 5 saturated carbocycles. The van der Waals surface area contributed by atoms with E-state index < -0.39 is 11.0 Å². The second-order valence-corrected chi connectivity index (χ2v) is 18.7. The number of rotatable bonds is 7. The van der Waals surface area contributed by atoms with E-state index in [-0.39, 0.29) is 69.6 Å². The summed E-state index contributed by atoms with van der Waals surface area (Å²) in [5.41, 5.74) is 0.355. The maximum Gasteiger partial charge on any atom is 0.309 e. The van der Waals surface area contributed by atoms with Crippen molar-refractivity contribution < 1.29 is 28.7 Å². The van der Waals surface area contributed by atoms with E-state index in [1.165, 1.54) is 5.57 Å². The highest BCUT2D eigenvalue weighted by Gasteiger charge is 2.67. The number of hydrogen-bond donors (Lipinski definition) is 1. The van der Waals surface area contributed by atoms with Crippen LogP contribution in [0.5, 0.6) is 0 Å². The summed E-state index contributed by atoms with van der Waals surface area (Å²) in [7, 11) is 0. The first-order valence-corrected chi connectivity index (χ1v) is 18.6. The number of amides is 1. The third-order valence-corrected chi connectivity index (χ3v) is 15.3. The fraction of sp³-hybridized carbons (Fsp3) is 0.825. The molecule has 0 aromatic heterocycles. The molecule has 0 aromatic carbocycles. The summed E-state index contributed by atoms with van der Waals surface area (Å²) < 4.78 is 6.33. The zero-order valence-electron chi connectivity index (χ0n) is 30.4. The Morgan fingerprint density at radius 3 is 2.23 bits per heavy atom. The van der Waals surface area contributed by atoms with E-state index in [1.807, 2.05) is 6.92 Å². The lowest BCUT2D eigenvalue weighted by molar-refractivity contribution is -0.216. The number of ether oxygens (including phenoxy) is 1. The largest absolute Gasteiger partial charge is 0.462 e. The van der Waals surface area contributed by atoms with Gasteiger partial charge in [-0.15, -0.1) is 0 Å². The van der Waals surface area contributed by atoms with Crippen LogP contribution in [-0.4, -0.2) is 41.9 Å². The molecule has 5 fully saturated rings. The average Bonchev–Trinajstić information content (AvgIpc) is 3.29. The highest BCUT2D eigenvalue weighted by molar-refractivity contribution is 6.03. The molecule has 47 heavy (non-hydrogen) atoms. The van der Waals surface area contributed by atoms with Gasteiger partial charge in [-0.1, -0.05) is 48.5 Å². The summed E-state index contributed by atoms with van der Waals surface area (Å²) >= 11 is 0. The maximum atomic E-state index is 13.7. The Morgan fingerprint density at radius 2 is 1.62 bits per heavy atom. The van der Waals surface area contributed by atoms with Crippen molar-refractivity contribution in [3.05, 3.63) is 11.1 Å². The Bertz CT molecular complexity index is 1390. The van der Waals surface area contributed by atoms with E-state index in [4.69, 9.17) is 4.74 Å². The molecule has 0 radical (unpaired) electrons. The summed E-state index contributed by atoms with van der Waals surface area (Å²) in [6.07, 6.45) is 10.4. The highest BCUT2D eigenvalue weighted by atomic mass is 16.5. The van der Waals surface area contributed by atoms with Gasteiger partial charge in [0.15, 0.2) is 5.78 Å². The third-order valence-electron chi connectivity index (χ3n) is 15.3. The molecule has 0 saturated heterocycles. The first-order valence-electron chi connectivity index (χ1n) is 18.6. The number of carbonyl (C=O) groups is 5. The summed E-state index contributed by atoms with van der Waals surface area (Å²) in [5, 5.41) is 3.32. The molecular formula is C40H59NO6. The van der Waals surface area contributed by atoms with Crippen molar-refractivity contribution in [1.82, 2.24) is 5.32 Å². The molecule has 0 aliphatic heterocycles. The molecule has 7 nitrogen and oxygen atoms in total. The molecule has 0 spiro atoms. The molecule has 1 N–H and O–H groups in total. The van der Waals surface area contributed by atoms with Gasteiger partial charge in [0.1, 0.15) is 18.7 Å². The minimum Gasteiger partial charge on any atom is -0.462 e. The number of carbonyl (C=O) groups excluding carboxylic acids is 5. The van der Waals surface area contributed by atoms with Crippen molar-refractivity contribution >= 4 is 30.2 Å². The summed E-state index contributed by atoms with van der Waals surface area (Å²) in [6.45, 7) is 19.2. The lowest BCUT2D eigenvalue weighted by Crippen LogP contribution is -2.64. The molecule has 11 atom stereocenters. The SMILES string of the molecule is CC(C)C1=C2C3CCC4C(C)(CCC5C(C)(C)C(OC(=O)C6CC(C=O)C6C)CCC54C)C3CCC2(NC(=O)C(C)(C)C=O)CC1=O. The van der Waals surface area contributed by atoms with Crippen LogP contribution >= 0.6 is 0 Å². The van der Waals surface area contributed by atoms with Gasteiger partial charge in [0.25, 0.3) is 0 Å². The van der Waals surface area contributed by atoms with Crippen molar-refractivity contribution in [2.24, 2.45) is 69.0 Å². The van der Waals surface area contributed by atoms with Gasteiger partial charge < -0.3 is 19.6 Å². The molecule has 0 heterocycles. The van der Waals surface area contributed by atoms with Crippen LogP contribution in [0.4, 0.5) is 0 Å². The number of hydrogen-bond acceptors (Lipinski definition) is 6. The number of fused-ring (bicyclic) bond motifs is 7. The first-order chi connectivity index (χ1) is 21.9. The van der Waals surface area contributed by atoms with Gasteiger partial charge in [0, 0.05) is 17.8 Å². The topological polar surface area (TPSA) is 107 Å². The van der Waals surface area contributed by atoms with E-state index in [0.717, 1.165) is 63.2 Å². The number of ketones is 1. The number of Topliss-reactive ketones (excluding diaryl/α,β-unsaturated/α-hetero) is 1. The van der Waals surface area contributed by atoms with E-state index in [0.29, 0.717) is 36.9 Å². The number of allylic oxidation sites excluding steroid dienone is 1. The van der Waals surface area contributed by atoms with Crippen LogP contribution in [0.15, 0.2) is 11.1 Å². The molecule has 260 valence electrons. The second kappa shape index (κ2) is 11.4. The van der Waals surface area contributed by atoms with Crippen LogP contribution in [-0.2, 0) is 28.7 Å². The van der Waals surface area contributed by atoms with Gasteiger partial charge >= 0.3 is 5.97 Å². The normalized spacial score (nSPS) is 43.9. The van der Waals surface area contributed by atoms with E-state index in [2.05, 4.69) is 46.9 Å². The molecule has 6 aliphatic rings. The van der Waals surface area contributed by atoms with Crippen molar-refractivity contribution in [2.75, 3.05) is 0 Å². The smallest absolute Gasteiger partial charge is 0.309 e. The quantitative estimate of drug-likeness (QED) is 0.180. The van der Waals surface area contributed by atoms with Gasteiger partial charge in [-0.25, -0.2) is 0 Å². The van der Waals surface area contributed by atoms with Crippen LogP contribution in [0.1, 0.15) is 127 Å². The maximum absolute atomic E-state index is 13.7. The number of aldehydes is 2. The van der Waals surface area contributed by atoms with Gasteiger partial charge in [-0.2, -0.15) is 0 Å². The van der Waals surface area contributed by atoms with E-state index in [1.54, 1.807) is 13.8 Å². The Balaban J connectivity index is 1.27. The summed E-state index contributed by atoms with van der Waals surface area (Å²) in [4.78, 5) is 63.6. The van der Waals surface area contributed by atoms with Gasteiger partial charge in [0.2, 0.25) is 5.91 Å². The van der Waals surface area contributed by atoms with Gasteiger partial charge in [-0.3, -0.25) is 14.4 Å². The van der Waals surface area contributed by atoms with Crippen LogP contribution in [0.3, 0.4) is 0 Å². The molecule has 0 aromatic rings. The molecule has 6 rings (SSSR count). The molecule has 6 aliphatic carbocycles. The van der Waals surface area contributed by atoms with E-state index >= 15 is 0 Å². The lowest BCUT2D eigenvalue weighted by Gasteiger charge is -2.68. The zero-order valence-corrected chi connectivity index (χ0v) is 30.4. The molecule has 0 bridgehead atoms. The highest BCUT2D eigenvalue weighted by Crippen LogP contribution is 2.72. The Morgan fingerprint density at radius 1 is 0.936 bits per heavy atom. The molecule has 1 amide bonds. The standard InChI is InChI=1S/C40H59NO6/c1-22(2)32-28(44)19-40(41-35(46)36(4,5)21-43)17-12-27-25(33(32)40)10-11-30-38(27,8)15-13-29-37(6,7)31(14-16-39(29,30)9)47-34(45)26-18-24(20-42)23(26)3/h20-27,29-31H,10-19H2,1-9H3,(H,41,46). The summed E-state index contributed by atoms with van der Waals surface area (Å²) in [5.74, 6) is 1.35. The monoisotopic (exact) mass is 649 g/mol. The van der Waals surface area contributed by atoms with Gasteiger partial charge in [0.05, 0.1) is 16.9 Å². The molecular weight excluding hydrogens is 590 g/mol. The van der Waals surface area contributed by atoms with Gasteiger partial charge in [-0.05, 0) is 129 Å². The number of nitrogens with one attached hydrogen (secondary N) is 1. The zero-order chi connectivity index (χ0) is 34.5. The number of esters is 1. The van der Waals surface area contributed by atoms with Crippen molar-refractivity contribution in [2.45, 2.75) is 138 Å². The minimum absolute atomic E-state index is 0.0273. The van der Waals surface area contributed by atoms with Crippen molar-refractivity contribution in [3.63, 3.8) is 0 Å². The van der Waals surface area contributed by atoms with Crippen LogP contribution < -0.4 is 5.32 Å². The Kier molecular flexibility index (Phi) is 8.36. The van der Waals surface area contributed by atoms with Crippen LogP contribution in [0.2, 0.25) is 0 Å². The van der Waals surface area contributed by atoms with Crippen LogP contribution in [0.25, 0.3) is 0 Å². The fourth-order valence-corrected chi connectivity index (χ4v) is 12.6. The van der Waals surface area contributed by atoms with Crippen molar-refractivity contribution in [3.8, 4) is 0 Å². The van der Waals surface area contributed by atoms with Crippen molar-refractivity contribution in [1.29, 1.82) is 0 Å².